The minimum Gasteiger partial charge on any atom is -0.383 e. The SMILES string of the molecule is CNc1ccc(Cn2cc(Br)cc(Br)c2=O)cc1[N+](=O)[O-]. The van der Waals surface area contributed by atoms with Crippen LogP contribution in [0.1, 0.15) is 5.56 Å². The molecule has 0 atom stereocenters. The van der Waals surface area contributed by atoms with Crippen LogP contribution >= 0.6 is 31.9 Å². The zero-order valence-electron chi connectivity index (χ0n) is 11.0. The Morgan fingerprint density at radius 2 is 2.05 bits per heavy atom. The van der Waals surface area contributed by atoms with Crippen molar-refractivity contribution in [1.29, 1.82) is 0 Å². The highest BCUT2D eigenvalue weighted by atomic mass is 79.9. The highest BCUT2D eigenvalue weighted by molar-refractivity contribution is 9.11. The standard InChI is InChI=1S/C13H11Br2N3O3/c1-16-11-3-2-8(4-12(11)18(20)21)6-17-7-9(14)5-10(15)13(17)19/h2-5,7,16H,6H2,1H3. The van der Waals surface area contributed by atoms with Gasteiger partial charge in [0.2, 0.25) is 0 Å². The van der Waals surface area contributed by atoms with Gasteiger partial charge in [-0.1, -0.05) is 6.07 Å². The number of halogens is 2. The number of nitrogens with zero attached hydrogens (tertiary/aromatic N) is 2. The van der Waals surface area contributed by atoms with Crippen molar-refractivity contribution < 1.29 is 4.92 Å². The summed E-state index contributed by atoms with van der Waals surface area (Å²) >= 11 is 6.50. The van der Waals surface area contributed by atoms with Gasteiger partial charge >= 0.3 is 0 Å². The molecule has 0 amide bonds. The summed E-state index contributed by atoms with van der Waals surface area (Å²) in [6, 6.07) is 6.50. The smallest absolute Gasteiger partial charge is 0.292 e. The summed E-state index contributed by atoms with van der Waals surface area (Å²) in [5.74, 6) is 0. The van der Waals surface area contributed by atoms with Gasteiger partial charge in [0.15, 0.2) is 0 Å². The molecule has 0 saturated heterocycles. The summed E-state index contributed by atoms with van der Waals surface area (Å²) in [5, 5.41) is 13.8. The molecule has 0 radical (unpaired) electrons. The van der Waals surface area contributed by atoms with Crippen molar-refractivity contribution in [3.8, 4) is 0 Å². The van der Waals surface area contributed by atoms with E-state index in [2.05, 4.69) is 37.2 Å². The number of anilines is 1. The van der Waals surface area contributed by atoms with Gasteiger partial charge in [-0.3, -0.25) is 14.9 Å². The Morgan fingerprint density at radius 3 is 2.67 bits per heavy atom. The van der Waals surface area contributed by atoms with Gasteiger partial charge in [-0.2, -0.15) is 0 Å². The molecule has 0 spiro atoms. The number of nitro groups is 1. The van der Waals surface area contributed by atoms with Crippen LogP contribution in [-0.2, 0) is 6.54 Å². The third kappa shape index (κ3) is 3.51. The van der Waals surface area contributed by atoms with Gasteiger partial charge in [-0.15, -0.1) is 0 Å². The first-order valence-corrected chi connectivity index (χ1v) is 7.51. The van der Waals surface area contributed by atoms with E-state index in [4.69, 9.17) is 0 Å². The van der Waals surface area contributed by atoms with Crippen LogP contribution in [0.4, 0.5) is 11.4 Å². The van der Waals surface area contributed by atoms with E-state index in [1.165, 1.54) is 10.6 Å². The number of aromatic nitrogens is 1. The van der Waals surface area contributed by atoms with Crippen molar-refractivity contribution in [2.45, 2.75) is 6.54 Å². The summed E-state index contributed by atoms with van der Waals surface area (Å²) in [6.45, 7) is 0.252. The fourth-order valence-electron chi connectivity index (χ4n) is 1.92. The van der Waals surface area contributed by atoms with E-state index in [1.54, 1.807) is 31.4 Å². The lowest BCUT2D eigenvalue weighted by atomic mass is 10.1. The maximum atomic E-state index is 12.0. The fourth-order valence-corrected chi connectivity index (χ4v) is 3.17. The molecule has 110 valence electrons. The molecular weight excluding hydrogens is 406 g/mol. The number of pyridine rings is 1. The first kappa shape index (κ1) is 15.7. The average molecular weight is 417 g/mol. The summed E-state index contributed by atoms with van der Waals surface area (Å²) < 4.78 is 2.65. The van der Waals surface area contributed by atoms with Crippen LogP contribution in [0.2, 0.25) is 0 Å². The molecule has 0 fully saturated rings. The van der Waals surface area contributed by atoms with Crippen molar-refractivity contribution in [1.82, 2.24) is 4.57 Å². The maximum absolute atomic E-state index is 12.0. The predicted octanol–water partition coefficient (Wildman–Crippen LogP) is 3.37. The lowest BCUT2D eigenvalue weighted by Crippen LogP contribution is -2.20. The Kier molecular flexibility index (Phi) is 4.79. The molecule has 0 saturated carbocycles. The monoisotopic (exact) mass is 415 g/mol. The predicted molar refractivity (Wildman–Crippen MR) is 87.8 cm³/mol. The summed E-state index contributed by atoms with van der Waals surface area (Å²) in [7, 11) is 1.62. The molecule has 1 aromatic heterocycles. The molecule has 0 unspecified atom stereocenters. The third-order valence-electron chi connectivity index (χ3n) is 2.89. The zero-order valence-corrected chi connectivity index (χ0v) is 14.1. The number of nitro benzene ring substituents is 1. The molecular formula is C13H11Br2N3O3. The molecule has 2 rings (SSSR count). The van der Waals surface area contributed by atoms with E-state index < -0.39 is 4.92 Å². The third-order valence-corrected chi connectivity index (χ3v) is 3.89. The highest BCUT2D eigenvalue weighted by Gasteiger charge is 2.14. The number of rotatable bonds is 4. The molecule has 1 N–H and O–H groups in total. The number of hydrogen-bond acceptors (Lipinski definition) is 4. The van der Waals surface area contributed by atoms with E-state index >= 15 is 0 Å². The van der Waals surface area contributed by atoms with Crippen molar-refractivity contribution in [3.05, 3.63) is 65.4 Å². The molecule has 1 aromatic carbocycles. The molecule has 0 aliphatic carbocycles. The molecule has 21 heavy (non-hydrogen) atoms. The van der Waals surface area contributed by atoms with Crippen LogP contribution in [0, 0.1) is 10.1 Å². The first-order chi connectivity index (χ1) is 9.92. The fraction of sp³-hybridized carbons (Fsp3) is 0.154. The topological polar surface area (TPSA) is 77.2 Å². The van der Waals surface area contributed by atoms with E-state index in [0.29, 0.717) is 15.7 Å². The number of nitrogens with one attached hydrogen (secondary N) is 1. The zero-order chi connectivity index (χ0) is 15.6. The second-order valence-electron chi connectivity index (χ2n) is 4.30. The van der Waals surface area contributed by atoms with Crippen molar-refractivity contribution in [3.63, 3.8) is 0 Å². The normalized spacial score (nSPS) is 10.4. The molecule has 8 heteroatoms. The lowest BCUT2D eigenvalue weighted by Gasteiger charge is -2.09. The van der Waals surface area contributed by atoms with E-state index in [-0.39, 0.29) is 17.8 Å². The first-order valence-electron chi connectivity index (χ1n) is 5.93. The highest BCUT2D eigenvalue weighted by Crippen LogP contribution is 2.25. The minimum atomic E-state index is -0.449. The van der Waals surface area contributed by atoms with Crippen LogP contribution in [0.15, 0.2) is 44.2 Å². The van der Waals surface area contributed by atoms with E-state index in [1.807, 2.05) is 0 Å². The molecule has 1 heterocycles. The number of hydrogen-bond donors (Lipinski definition) is 1. The summed E-state index contributed by atoms with van der Waals surface area (Å²) in [4.78, 5) is 22.6. The van der Waals surface area contributed by atoms with Gasteiger partial charge < -0.3 is 9.88 Å². The van der Waals surface area contributed by atoms with E-state index in [0.717, 1.165) is 4.47 Å². The second kappa shape index (κ2) is 6.40. The molecule has 2 aromatic rings. The minimum absolute atomic E-state index is 0.0166. The van der Waals surface area contributed by atoms with Gasteiger partial charge in [0.1, 0.15) is 5.69 Å². The Hall–Kier alpha value is -1.67. The van der Waals surface area contributed by atoms with Crippen molar-refractivity contribution in [2.24, 2.45) is 0 Å². The molecule has 6 nitrogen and oxygen atoms in total. The van der Waals surface area contributed by atoms with Crippen LogP contribution < -0.4 is 10.9 Å². The lowest BCUT2D eigenvalue weighted by molar-refractivity contribution is -0.384. The largest absolute Gasteiger partial charge is 0.383 e. The maximum Gasteiger partial charge on any atom is 0.292 e. The quantitative estimate of drug-likeness (QED) is 0.612. The van der Waals surface area contributed by atoms with Crippen LogP contribution in [-0.4, -0.2) is 16.5 Å². The Bertz CT molecular complexity index is 759. The Balaban J connectivity index is 2.43. The van der Waals surface area contributed by atoms with Gasteiger partial charge in [-0.05, 0) is 49.6 Å². The van der Waals surface area contributed by atoms with E-state index in [9.17, 15) is 14.9 Å². The number of benzene rings is 1. The van der Waals surface area contributed by atoms with Gasteiger partial charge in [0.25, 0.3) is 11.2 Å². The Labute approximate surface area is 137 Å². The summed E-state index contributed by atoms with van der Waals surface area (Å²) in [5.41, 5.74) is 0.898. The average Bonchev–Trinajstić information content (AvgIpc) is 2.44. The van der Waals surface area contributed by atoms with Crippen LogP contribution in [0.5, 0.6) is 0 Å². The van der Waals surface area contributed by atoms with Crippen LogP contribution in [0.25, 0.3) is 0 Å². The Morgan fingerprint density at radius 1 is 1.33 bits per heavy atom. The van der Waals surface area contributed by atoms with Crippen molar-refractivity contribution in [2.75, 3.05) is 12.4 Å². The molecule has 0 aliphatic rings. The van der Waals surface area contributed by atoms with Gasteiger partial charge in [0.05, 0.1) is 15.9 Å². The summed E-state index contributed by atoms with van der Waals surface area (Å²) in [6.07, 6.45) is 1.64. The van der Waals surface area contributed by atoms with Crippen LogP contribution in [0.3, 0.4) is 0 Å². The molecule has 0 bridgehead atoms. The molecule has 0 aliphatic heterocycles. The van der Waals surface area contributed by atoms with Crippen molar-refractivity contribution >= 4 is 43.2 Å². The second-order valence-corrected chi connectivity index (χ2v) is 6.07. The van der Waals surface area contributed by atoms with Gasteiger partial charge in [0, 0.05) is 23.8 Å². The van der Waals surface area contributed by atoms with Gasteiger partial charge in [-0.25, -0.2) is 0 Å².